The summed E-state index contributed by atoms with van der Waals surface area (Å²) in [5.74, 6) is -0.175. The van der Waals surface area contributed by atoms with E-state index in [1.807, 2.05) is 89.8 Å². The van der Waals surface area contributed by atoms with E-state index >= 15 is 0 Å². The standard InChI is InChI=1S/C20H20N4O2S/c21-27(25,26)16-15-24(18-11-5-2-6-12-18)20-14-8-7-13-19(20)23-22-17-9-3-1-4-10-17/h1-14H,15-16H2,(H2,21,25,26). The summed E-state index contributed by atoms with van der Waals surface area (Å²) in [6, 6.07) is 26.4. The predicted molar refractivity (Wildman–Crippen MR) is 108 cm³/mol. The highest BCUT2D eigenvalue weighted by molar-refractivity contribution is 7.89. The van der Waals surface area contributed by atoms with Gasteiger partial charge in [-0.05, 0) is 36.4 Å². The first kappa shape index (κ1) is 18.8. The van der Waals surface area contributed by atoms with Crippen molar-refractivity contribution in [3.8, 4) is 0 Å². The Bertz CT molecular complexity index is 1010. The average Bonchev–Trinajstić information content (AvgIpc) is 2.68. The number of azo groups is 1. The molecule has 7 heteroatoms. The van der Waals surface area contributed by atoms with E-state index in [1.54, 1.807) is 0 Å². The number of benzene rings is 3. The molecular weight excluding hydrogens is 360 g/mol. The molecule has 0 unspecified atom stereocenters. The van der Waals surface area contributed by atoms with Crippen LogP contribution in [0, 0.1) is 0 Å². The molecule has 0 amide bonds. The molecule has 0 spiro atoms. The van der Waals surface area contributed by atoms with E-state index in [0.29, 0.717) is 5.69 Å². The Morgan fingerprint density at radius 3 is 2.04 bits per heavy atom. The van der Waals surface area contributed by atoms with Crippen LogP contribution in [0.1, 0.15) is 0 Å². The minimum Gasteiger partial charge on any atom is -0.339 e. The first-order valence-electron chi connectivity index (χ1n) is 8.42. The quantitative estimate of drug-likeness (QED) is 0.611. The Hall–Kier alpha value is -3.03. The van der Waals surface area contributed by atoms with Crippen LogP contribution in [-0.2, 0) is 10.0 Å². The van der Waals surface area contributed by atoms with E-state index in [9.17, 15) is 8.42 Å². The Morgan fingerprint density at radius 2 is 1.37 bits per heavy atom. The number of hydrogen-bond acceptors (Lipinski definition) is 5. The zero-order valence-corrected chi connectivity index (χ0v) is 15.5. The number of anilines is 2. The molecule has 0 aliphatic heterocycles. The molecule has 138 valence electrons. The maximum absolute atomic E-state index is 11.5. The number of nitrogens with zero attached hydrogens (tertiary/aromatic N) is 3. The van der Waals surface area contributed by atoms with E-state index in [1.165, 1.54) is 0 Å². The second-order valence-corrected chi connectivity index (χ2v) is 7.61. The van der Waals surface area contributed by atoms with Crippen LogP contribution < -0.4 is 10.0 Å². The summed E-state index contributed by atoms with van der Waals surface area (Å²) in [6.07, 6.45) is 0. The molecule has 0 radical (unpaired) electrons. The predicted octanol–water partition coefficient (Wildman–Crippen LogP) is 4.53. The third-order valence-electron chi connectivity index (χ3n) is 3.87. The van der Waals surface area contributed by atoms with Crippen molar-refractivity contribution in [3.05, 3.63) is 84.9 Å². The van der Waals surface area contributed by atoms with Gasteiger partial charge in [-0.2, -0.15) is 5.11 Å². The van der Waals surface area contributed by atoms with Crippen LogP contribution in [0.3, 0.4) is 0 Å². The normalized spacial score (nSPS) is 11.6. The Labute approximate surface area is 159 Å². The fourth-order valence-corrected chi connectivity index (χ4v) is 3.04. The molecule has 3 rings (SSSR count). The van der Waals surface area contributed by atoms with Gasteiger partial charge in [-0.3, -0.25) is 0 Å². The highest BCUT2D eigenvalue weighted by atomic mass is 32.2. The van der Waals surface area contributed by atoms with Gasteiger partial charge < -0.3 is 4.90 Å². The molecule has 0 aromatic heterocycles. The highest BCUT2D eigenvalue weighted by Crippen LogP contribution is 2.34. The number of hydrogen-bond donors (Lipinski definition) is 1. The lowest BCUT2D eigenvalue weighted by Crippen LogP contribution is -2.28. The van der Waals surface area contributed by atoms with Gasteiger partial charge in [0.2, 0.25) is 10.0 Å². The summed E-state index contributed by atoms with van der Waals surface area (Å²) < 4.78 is 23.0. The maximum Gasteiger partial charge on any atom is 0.210 e. The number of sulfonamides is 1. The molecule has 0 aliphatic carbocycles. The number of primary sulfonamides is 1. The average molecular weight is 380 g/mol. The monoisotopic (exact) mass is 380 g/mol. The summed E-state index contributed by atoms with van der Waals surface area (Å²) >= 11 is 0. The molecule has 3 aromatic rings. The van der Waals surface area contributed by atoms with Gasteiger partial charge in [0.1, 0.15) is 5.69 Å². The molecule has 0 heterocycles. The van der Waals surface area contributed by atoms with Crippen molar-refractivity contribution in [1.82, 2.24) is 0 Å². The molecule has 0 atom stereocenters. The zero-order chi connectivity index (χ0) is 19.1. The smallest absolute Gasteiger partial charge is 0.210 e. The van der Waals surface area contributed by atoms with Gasteiger partial charge in [0.05, 0.1) is 17.1 Å². The molecule has 0 aliphatic rings. The minimum absolute atomic E-state index is 0.175. The fraction of sp³-hybridized carbons (Fsp3) is 0.100. The Balaban J connectivity index is 1.98. The van der Waals surface area contributed by atoms with Crippen LogP contribution in [0.15, 0.2) is 95.2 Å². The van der Waals surface area contributed by atoms with Gasteiger partial charge in [0.15, 0.2) is 0 Å². The van der Waals surface area contributed by atoms with Crippen LogP contribution in [0.25, 0.3) is 0 Å². The lowest BCUT2D eigenvalue weighted by atomic mass is 10.2. The lowest BCUT2D eigenvalue weighted by Gasteiger charge is -2.25. The zero-order valence-electron chi connectivity index (χ0n) is 14.6. The van der Waals surface area contributed by atoms with Gasteiger partial charge in [0.25, 0.3) is 0 Å². The van der Waals surface area contributed by atoms with Crippen LogP contribution in [0.5, 0.6) is 0 Å². The Morgan fingerprint density at radius 1 is 0.778 bits per heavy atom. The lowest BCUT2D eigenvalue weighted by molar-refractivity contribution is 0.597. The van der Waals surface area contributed by atoms with Crippen LogP contribution >= 0.6 is 0 Å². The topological polar surface area (TPSA) is 88.1 Å². The Kier molecular flexibility index (Phi) is 5.95. The van der Waals surface area contributed by atoms with Crippen molar-refractivity contribution in [2.45, 2.75) is 0 Å². The largest absolute Gasteiger partial charge is 0.339 e. The van der Waals surface area contributed by atoms with Gasteiger partial charge >= 0.3 is 0 Å². The molecule has 0 saturated carbocycles. The second kappa shape index (κ2) is 8.57. The van der Waals surface area contributed by atoms with Crippen molar-refractivity contribution in [1.29, 1.82) is 0 Å². The maximum atomic E-state index is 11.5. The van der Waals surface area contributed by atoms with Crippen LogP contribution in [-0.4, -0.2) is 20.7 Å². The van der Waals surface area contributed by atoms with Gasteiger partial charge in [-0.25, -0.2) is 13.6 Å². The third kappa shape index (κ3) is 5.47. The van der Waals surface area contributed by atoms with E-state index in [-0.39, 0.29) is 12.3 Å². The number of para-hydroxylation sites is 2. The van der Waals surface area contributed by atoms with E-state index in [2.05, 4.69) is 10.2 Å². The number of rotatable bonds is 7. The number of nitrogens with two attached hydrogens (primary N) is 1. The summed E-state index contributed by atoms with van der Waals surface area (Å²) in [6.45, 7) is 0.209. The summed E-state index contributed by atoms with van der Waals surface area (Å²) in [5, 5.41) is 13.9. The molecule has 3 aromatic carbocycles. The molecule has 0 bridgehead atoms. The van der Waals surface area contributed by atoms with Crippen molar-refractivity contribution < 1.29 is 8.42 Å². The molecular formula is C20H20N4O2S. The second-order valence-electron chi connectivity index (χ2n) is 5.88. The van der Waals surface area contributed by atoms with E-state index in [0.717, 1.165) is 17.1 Å². The van der Waals surface area contributed by atoms with Crippen molar-refractivity contribution in [3.63, 3.8) is 0 Å². The van der Waals surface area contributed by atoms with E-state index in [4.69, 9.17) is 5.14 Å². The van der Waals surface area contributed by atoms with Crippen molar-refractivity contribution >= 4 is 32.8 Å². The molecule has 0 fully saturated rings. The molecule has 27 heavy (non-hydrogen) atoms. The molecule has 2 N–H and O–H groups in total. The van der Waals surface area contributed by atoms with Gasteiger partial charge in [-0.1, -0.05) is 48.5 Å². The summed E-state index contributed by atoms with van der Waals surface area (Å²) in [4.78, 5) is 1.88. The minimum atomic E-state index is -3.60. The first-order valence-corrected chi connectivity index (χ1v) is 10.1. The fourth-order valence-electron chi connectivity index (χ4n) is 2.60. The van der Waals surface area contributed by atoms with Gasteiger partial charge in [-0.15, -0.1) is 5.11 Å². The van der Waals surface area contributed by atoms with Crippen LogP contribution in [0.4, 0.5) is 22.7 Å². The summed E-state index contributed by atoms with van der Waals surface area (Å²) in [7, 11) is -3.60. The SMILES string of the molecule is NS(=O)(=O)CCN(c1ccccc1)c1ccccc1N=Nc1ccccc1. The molecule has 6 nitrogen and oxygen atoms in total. The van der Waals surface area contributed by atoms with Gasteiger partial charge in [0, 0.05) is 12.2 Å². The molecule has 0 saturated heterocycles. The first-order chi connectivity index (χ1) is 13.0. The summed E-state index contributed by atoms with van der Waals surface area (Å²) in [5.41, 5.74) is 2.98. The van der Waals surface area contributed by atoms with E-state index < -0.39 is 10.0 Å². The van der Waals surface area contributed by atoms with Crippen molar-refractivity contribution in [2.24, 2.45) is 15.4 Å². The van der Waals surface area contributed by atoms with Crippen LogP contribution in [0.2, 0.25) is 0 Å². The third-order valence-corrected chi connectivity index (χ3v) is 4.62. The van der Waals surface area contributed by atoms with Crippen molar-refractivity contribution in [2.75, 3.05) is 17.2 Å². The highest BCUT2D eigenvalue weighted by Gasteiger charge is 2.15.